The molecule has 2 atom stereocenters. The summed E-state index contributed by atoms with van der Waals surface area (Å²) in [5.74, 6) is 0.282. The minimum absolute atomic E-state index is 0.0971. The first-order valence-electron chi connectivity index (χ1n) is 16.7. The number of amides is 2. The molecule has 256 valence electrons. The SMILES string of the molecule is CCc1nc(CC(C)C)sc1C(=O)N[C@@H](CCCCN)c1nc(C)sc1CN[C@@H](CC(C)C)c1nc(CCCCN)sc1C(N)=O. The Balaban J connectivity index is 1.89. The summed E-state index contributed by atoms with van der Waals surface area (Å²) >= 11 is 4.52. The molecule has 3 rings (SSSR count). The average Bonchev–Trinajstić information content (AvgIpc) is 3.71. The van der Waals surface area contributed by atoms with Gasteiger partial charge in [0, 0.05) is 17.8 Å². The number of carbonyl (C=O) groups is 2. The first-order valence-corrected chi connectivity index (χ1v) is 19.1. The molecule has 10 nitrogen and oxygen atoms in total. The fraction of sp³-hybridized carbons (Fsp3) is 0.667. The number of aromatic nitrogens is 3. The largest absolute Gasteiger partial charge is 0.365 e. The molecule has 13 heteroatoms. The van der Waals surface area contributed by atoms with Crippen molar-refractivity contribution in [3.05, 3.63) is 46.7 Å². The predicted octanol–water partition coefficient (Wildman–Crippen LogP) is 5.98. The van der Waals surface area contributed by atoms with Crippen molar-refractivity contribution in [2.45, 2.75) is 118 Å². The third-order valence-corrected chi connectivity index (χ3v) is 10.8. The van der Waals surface area contributed by atoms with E-state index in [9.17, 15) is 9.59 Å². The summed E-state index contributed by atoms with van der Waals surface area (Å²) < 4.78 is 0. The number of nitrogens with zero attached hydrogens (tertiary/aromatic N) is 3. The van der Waals surface area contributed by atoms with Crippen molar-refractivity contribution in [1.29, 1.82) is 0 Å². The van der Waals surface area contributed by atoms with E-state index in [0.717, 1.165) is 88.3 Å². The van der Waals surface area contributed by atoms with Gasteiger partial charge in [-0.3, -0.25) is 9.59 Å². The highest BCUT2D eigenvalue weighted by atomic mass is 32.1. The van der Waals surface area contributed by atoms with Gasteiger partial charge in [-0.1, -0.05) is 34.6 Å². The van der Waals surface area contributed by atoms with E-state index in [1.165, 1.54) is 22.7 Å². The summed E-state index contributed by atoms with van der Waals surface area (Å²) in [5, 5.41) is 9.89. The van der Waals surface area contributed by atoms with Gasteiger partial charge in [0.2, 0.25) is 0 Å². The first kappa shape index (κ1) is 38.2. The van der Waals surface area contributed by atoms with Crippen LogP contribution in [-0.4, -0.2) is 39.9 Å². The first-order chi connectivity index (χ1) is 22.0. The molecule has 3 heterocycles. The van der Waals surface area contributed by atoms with Crippen LogP contribution in [0.5, 0.6) is 0 Å². The molecular formula is C33H54N8O2S3. The fourth-order valence-electron chi connectivity index (χ4n) is 5.43. The molecule has 46 heavy (non-hydrogen) atoms. The molecule has 0 spiro atoms. The monoisotopic (exact) mass is 690 g/mol. The summed E-state index contributed by atoms with van der Waals surface area (Å²) in [6, 6.07) is -0.425. The molecule has 0 saturated heterocycles. The van der Waals surface area contributed by atoms with Crippen LogP contribution in [0.1, 0.15) is 142 Å². The average molecular weight is 691 g/mol. The third-order valence-electron chi connectivity index (χ3n) is 7.59. The molecule has 0 aliphatic heterocycles. The van der Waals surface area contributed by atoms with E-state index in [1.807, 2.05) is 13.8 Å². The normalized spacial score (nSPS) is 13.1. The Bertz CT molecular complexity index is 1400. The number of nitrogens with one attached hydrogen (secondary N) is 2. The number of hydrogen-bond donors (Lipinski definition) is 5. The van der Waals surface area contributed by atoms with E-state index < -0.39 is 5.91 Å². The lowest BCUT2D eigenvalue weighted by atomic mass is 9.99. The number of aryl methyl sites for hydroxylation is 3. The molecule has 0 bridgehead atoms. The van der Waals surface area contributed by atoms with Crippen LogP contribution in [0.25, 0.3) is 0 Å². The van der Waals surface area contributed by atoms with E-state index in [4.69, 9.17) is 32.2 Å². The summed E-state index contributed by atoms with van der Waals surface area (Å²) in [6.45, 7) is 14.4. The third kappa shape index (κ3) is 11.2. The van der Waals surface area contributed by atoms with Gasteiger partial charge in [0.25, 0.3) is 11.8 Å². The second kappa shape index (κ2) is 18.9. The van der Waals surface area contributed by atoms with Crippen LogP contribution in [0.3, 0.4) is 0 Å². The van der Waals surface area contributed by atoms with Gasteiger partial charge in [-0.05, 0) is 83.2 Å². The Kier molecular flexibility index (Phi) is 15.7. The van der Waals surface area contributed by atoms with Gasteiger partial charge in [0.05, 0.1) is 44.2 Å². The number of thiazole rings is 3. The van der Waals surface area contributed by atoms with E-state index in [-0.39, 0.29) is 18.0 Å². The molecule has 0 aliphatic carbocycles. The highest BCUT2D eigenvalue weighted by Gasteiger charge is 2.28. The summed E-state index contributed by atoms with van der Waals surface area (Å²) in [6.07, 6.45) is 7.43. The lowest BCUT2D eigenvalue weighted by Gasteiger charge is -2.22. The smallest absolute Gasteiger partial charge is 0.263 e. The van der Waals surface area contributed by atoms with Crippen molar-refractivity contribution >= 4 is 45.8 Å². The Morgan fingerprint density at radius 1 is 0.826 bits per heavy atom. The van der Waals surface area contributed by atoms with Crippen molar-refractivity contribution in [3.63, 3.8) is 0 Å². The second-order valence-electron chi connectivity index (χ2n) is 12.7. The molecule has 3 aromatic rings. The summed E-state index contributed by atoms with van der Waals surface area (Å²) in [5.41, 5.74) is 19.8. The predicted molar refractivity (Wildman–Crippen MR) is 192 cm³/mol. The zero-order chi connectivity index (χ0) is 33.8. The van der Waals surface area contributed by atoms with Gasteiger partial charge >= 0.3 is 0 Å². The maximum atomic E-state index is 13.8. The number of nitrogens with two attached hydrogens (primary N) is 3. The Morgan fingerprint density at radius 3 is 2.15 bits per heavy atom. The van der Waals surface area contributed by atoms with Gasteiger partial charge in [-0.15, -0.1) is 34.0 Å². The van der Waals surface area contributed by atoms with Crippen molar-refractivity contribution in [2.24, 2.45) is 29.0 Å². The summed E-state index contributed by atoms with van der Waals surface area (Å²) in [7, 11) is 0. The van der Waals surface area contributed by atoms with Gasteiger partial charge in [0.1, 0.15) is 9.75 Å². The van der Waals surface area contributed by atoms with E-state index in [1.54, 1.807) is 11.3 Å². The zero-order valence-electron chi connectivity index (χ0n) is 28.4. The molecular weight excluding hydrogens is 637 g/mol. The lowest BCUT2D eigenvalue weighted by molar-refractivity contribution is 0.0935. The van der Waals surface area contributed by atoms with Crippen LogP contribution in [-0.2, 0) is 25.8 Å². The highest BCUT2D eigenvalue weighted by Crippen LogP contribution is 2.32. The number of hydrogen-bond acceptors (Lipinski definition) is 11. The van der Waals surface area contributed by atoms with Crippen molar-refractivity contribution in [2.75, 3.05) is 13.1 Å². The van der Waals surface area contributed by atoms with Crippen LogP contribution in [0.4, 0.5) is 0 Å². The van der Waals surface area contributed by atoms with Crippen LogP contribution >= 0.6 is 34.0 Å². The quantitative estimate of drug-likeness (QED) is 0.0848. The zero-order valence-corrected chi connectivity index (χ0v) is 30.9. The topological polar surface area (TPSA) is 175 Å². The Labute approximate surface area is 286 Å². The molecule has 0 aromatic carbocycles. The van der Waals surface area contributed by atoms with E-state index in [0.29, 0.717) is 47.6 Å². The molecule has 3 aromatic heterocycles. The maximum Gasteiger partial charge on any atom is 0.263 e. The van der Waals surface area contributed by atoms with Crippen molar-refractivity contribution < 1.29 is 9.59 Å². The fourth-order valence-corrected chi connectivity index (χ4v) is 8.66. The molecule has 0 unspecified atom stereocenters. The van der Waals surface area contributed by atoms with Crippen molar-refractivity contribution in [3.8, 4) is 0 Å². The second-order valence-corrected chi connectivity index (χ2v) is 16.1. The summed E-state index contributed by atoms with van der Waals surface area (Å²) in [4.78, 5) is 43.2. The van der Waals surface area contributed by atoms with Crippen LogP contribution < -0.4 is 27.8 Å². The van der Waals surface area contributed by atoms with Crippen LogP contribution in [0, 0.1) is 18.8 Å². The molecule has 0 aliphatic rings. The van der Waals surface area contributed by atoms with Crippen LogP contribution in [0.15, 0.2) is 0 Å². The molecule has 0 radical (unpaired) electrons. The minimum atomic E-state index is -0.448. The Morgan fingerprint density at radius 2 is 1.52 bits per heavy atom. The van der Waals surface area contributed by atoms with Gasteiger partial charge in [-0.2, -0.15) is 0 Å². The number of unbranched alkanes of at least 4 members (excludes halogenated alkanes) is 2. The van der Waals surface area contributed by atoms with Crippen LogP contribution in [0.2, 0.25) is 0 Å². The standard InChI is InChI=1S/C33H54N8O2S3/c1-7-22-30(46-27(39-22)17-20(4)5)33(43)40-23(12-8-10-14-34)28-25(44-21(6)38-28)18-37-24(16-19(2)3)29-31(32(36)42)45-26(41-29)13-9-11-15-35/h19-20,23-24,37H,7-18,34-35H2,1-6H3,(H2,36,42)(H,40,43)/t23-,24-/m0/s1. The minimum Gasteiger partial charge on any atom is -0.365 e. The number of primary amides is 1. The van der Waals surface area contributed by atoms with E-state index >= 15 is 0 Å². The molecule has 8 N–H and O–H groups in total. The molecule has 2 amide bonds. The lowest BCUT2D eigenvalue weighted by Crippen LogP contribution is -2.31. The molecule has 0 saturated carbocycles. The molecule has 0 fully saturated rings. The number of carbonyl (C=O) groups excluding carboxylic acids is 2. The maximum absolute atomic E-state index is 13.8. The van der Waals surface area contributed by atoms with Gasteiger partial charge in [-0.25, -0.2) is 15.0 Å². The highest BCUT2D eigenvalue weighted by molar-refractivity contribution is 7.14. The number of rotatable bonds is 21. The van der Waals surface area contributed by atoms with E-state index in [2.05, 4.69) is 38.3 Å². The Hall–Kier alpha value is -2.29. The van der Waals surface area contributed by atoms with Gasteiger partial charge < -0.3 is 27.8 Å². The van der Waals surface area contributed by atoms with Crippen molar-refractivity contribution in [1.82, 2.24) is 25.6 Å². The van der Waals surface area contributed by atoms with Gasteiger partial charge in [0.15, 0.2) is 0 Å².